The van der Waals surface area contributed by atoms with Gasteiger partial charge in [-0.15, -0.1) is 0 Å². The number of aliphatic carboxylic acids is 4. The van der Waals surface area contributed by atoms with E-state index < -0.39 is 174 Å². The van der Waals surface area contributed by atoms with Crippen LogP contribution in [0.25, 0.3) is 0 Å². The maximum atomic E-state index is 12.8. The van der Waals surface area contributed by atoms with Gasteiger partial charge in [-0.25, -0.2) is 67.1 Å². The van der Waals surface area contributed by atoms with E-state index in [9.17, 15) is 139 Å². The third-order valence-corrected chi connectivity index (χ3v) is 8.08. The van der Waals surface area contributed by atoms with Gasteiger partial charge in [0, 0.05) is 24.2 Å². The van der Waals surface area contributed by atoms with Crippen molar-refractivity contribution in [2.75, 3.05) is 13.1 Å². The van der Waals surface area contributed by atoms with Crippen molar-refractivity contribution in [1.29, 1.82) is 0 Å². The molecular weight excluding hydrogens is 836 g/mol. The summed E-state index contributed by atoms with van der Waals surface area (Å²) in [5.74, 6) is -39.7. The smallest absolute Gasteiger partial charge is 0.340 e. The van der Waals surface area contributed by atoms with Crippen molar-refractivity contribution in [2.24, 2.45) is 0 Å². The summed E-state index contributed by atoms with van der Waals surface area (Å²) in [7, 11) is 0. The van der Waals surface area contributed by atoms with Crippen LogP contribution in [0.3, 0.4) is 0 Å². The van der Waals surface area contributed by atoms with Crippen molar-refractivity contribution in [3.8, 4) is 0 Å². The standard InChI is InChI=1S/C30H20N2O28/c33-15(34)3-5(17(37)38)9(21(45)46)13(10(22(47)48)6(3)18(39)40)29(25(53)54,26(55)56)31-1-2-32-30(27(57)58,28(59)60)14-11(23(49)50)7(19(41)42)4(16(35)36)8(20(43)44)12(14)24(51)52/h31-32H,1-2H2,(H,33,34)(H,35,36)(H,37,38)(H,39,40)(H,41,42)(H,43,44)(H,45,46)(H,47,48)(H,49,50)(H,51,52)(H,53,54)(H,55,56)(H,57,58)(H,59,60). The molecule has 0 bridgehead atoms. The molecule has 2 aromatic rings. The molecule has 60 heavy (non-hydrogen) atoms. The van der Waals surface area contributed by atoms with Crippen LogP contribution in [-0.4, -0.2) is 168 Å². The van der Waals surface area contributed by atoms with Gasteiger partial charge in [-0.2, -0.15) is 0 Å². The molecule has 318 valence electrons. The zero-order chi connectivity index (χ0) is 46.8. The molecular formula is C30H20N2O28. The zero-order valence-electron chi connectivity index (χ0n) is 28.4. The molecule has 0 aromatic heterocycles. The lowest BCUT2D eigenvalue weighted by molar-refractivity contribution is -0.162. The highest BCUT2D eigenvalue weighted by Gasteiger charge is 2.58. The van der Waals surface area contributed by atoms with Gasteiger partial charge in [-0.1, -0.05) is 0 Å². The second-order valence-corrected chi connectivity index (χ2v) is 11.1. The summed E-state index contributed by atoms with van der Waals surface area (Å²) in [5, 5.41) is 142. The summed E-state index contributed by atoms with van der Waals surface area (Å²) in [6.45, 7) is -3.61. The normalized spacial score (nSPS) is 11.1. The molecule has 30 heteroatoms. The lowest BCUT2D eigenvalue weighted by Crippen LogP contribution is -2.61. The van der Waals surface area contributed by atoms with Crippen molar-refractivity contribution in [3.63, 3.8) is 0 Å². The van der Waals surface area contributed by atoms with Crippen LogP contribution in [0, 0.1) is 0 Å². The second-order valence-electron chi connectivity index (χ2n) is 11.1. The molecule has 0 saturated heterocycles. The minimum atomic E-state index is -4.56. The van der Waals surface area contributed by atoms with Gasteiger partial charge in [0.1, 0.15) is 0 Å². The molecule has 0 aliphatic rings. The summed E-state index contributed by atoms with van der Waals surface area (Å²) < 4.78 is 0. The molecule has 0 heterocycles. The van der Waals surface area contributed by atoms with Crippen LogP contribution < -0.4 is 10.6 Å². The quantitative estimate of drug-likeness (QED) is 0.0448. The highest BCUT2D eigenvalue weighted by molar-refractivity contribution is 6.23. The SMILES string of the molecule is O=C(O)c1c(C(=O)O)c(C(=O)O)c(C(NCCNC(C(=O)O)(C(=O)O)c2c(C(=O)O)c(C(=O)O)c(C(=O)O)c(C(=O)O)c2C(=O)O)(C(=O)O)C(=O)O)c(C(=O)O)c1C(=O)O. The number of hydrogen-bond donors (Lipinski definition) is 16. The Balaban J connectivity index is 3.28. The minimum Gasteiger partial charge on any atom is -0.479 e. The Morgan fingerprint density at radius 3 is 0.517 bits per heavy atom. The first kappa shape index (κ1) is 47.1. The van der Waals surface area contributed by atoms with E-state index in [2.05, 4.69) is 0 Å². The van der Waals surface area contributed by atoms with Crippen molar-refractivity contribution >= 4 is 83.6 Å². The van der Waals surface area contributed by atoms with E-state index in [0.29, 0.717) is 0 Å². The zero-order valence-corrected chi connectivity index (χ0v) is 28.4. The summed E-state index contributed by atoms with van der Waals surface area (Å²) in [6, 6.07) is 0. The molecule has 0 aliphatic carbocycles. The van der Waals surface area contributed by atoms with Crippen molar-refractivity contribution in [1.82, 2.24) is 10.6 Å². The van der Waals surface area contributed by atoms with Crippen LogP contribution in [0.4, 0.5) is 0 Å². The van der Waals surface area contributed by atoms with E-state index in [0.717, 1.165) is 0 Å². The first-order valence-corrected chi connectivity index (χ1v) is 14.7. The number of aromatic carboxylic acids is 10. The van der Waals surface area contributed by atoms with Gasteiger partial charge in [0.2, 0.25) is 11.1 Å². The fourth-order valence-electron chi connectivity index (χ4n) is 5.98. The number of hydrogen-bond acceptors (Lipinski definition) is 16. The van der Waals surface area contributed by atoms with Gasteiger partial charge < -0.3 is 71.5 Å². The molecule has 2 aromatic carbocycles. The van der Waals surface area contributed by atoms with Gasteiger partial charge >= 0.3 is 83.6 Å². The molecule has 0 amide bonds. The van der Waals surface area contributed by atoms with Crippen molar-refractivity contribution in [3.05, 3.63) is 66.8 Å². The lowest BCUT2D eigenvalue weighted by atomic mass is 9.76. The highest BCUT2D eigenvalue weighted by Crippen LogP contribution is 2.39. The van der Waals surface area contributed by atoms with E-state index in [4.69, 9.17) is 0 Å². The van der Waals surface area contributed by atoms with E-state index >= 15 is 0 Å². The number of carboxylic acids is 14. The number of nitrogens with one attached hydrogen (secondary N) is 2. The maximum Gasteiger partial charge on any atom is 0.340 e. The van der Waals surface area contributed by atoms with Crippen LogP contribution in [-0.2, 0) is 30.3 Å². The van der Waals surface area contributed by atoms with Crippen LogP contribution in [0.5, 0.6) is 0 Å². The molecule has 0 spiro atoms. The number of rotatable bonds is 21. The number of carbonyl (C=O) groups is 14. The third-order valence-electron chi connectivity index (χ3n) is 8.08. The summed E-state index contributed by atoms with van der Waals surface area (Å²) in [5.41, 5.74) is -36.4. The summed E-state index contributed by atoms with van der Waals surface area (Å²) in [4.78, 5) is 174. The van der Waals surface area contributed by atoms with Gasteiger partial charge in [0.25, 0.3) is 0 Å². The predicted molar refractivity (Wildman–Crippen MR) is 172 cm³/mol. The van der Waals surface area contributed by atoms with E-state index in [-0.39, 0.29) is 0 Å². The fourth-order valence-corrected chi connectivity index (χ4v) is 5.98. The Hall–Kier alpha value is -9.06. The average molecular weight is 856 g/mol. The van der Waals surface area contributed by atoms with Gasteiger partial charge in [-0.05, 0) is 0 Å². The highest BCUT2D eigenvalue weighted by atomic mass is 16.4. The molecule has 0 saturated carbocycles. The Morgan fingerprint density at radius 1 is 0.267 bits per heavy atom. The minimum absolute atomic E-state index is 1.37. The molecule has 0 fully saturated rings. The Bertz CT molecular complexity index is 2140. The van der Waals surface area contributed by atoms with E-state index in [1.165, 1.54) is 10.6 Å². The van der Waals surface area contributed by atoms with Gasteiger partial charge in [0.05, 0.1) is 55.6 Å². The topological polar surface area (TPSA) is 546 Å². The van der Waals surface area contributed by atoms with E-state index in [1.54, 1.807) is 0 Å². The molecule has 0 atom stereocenters. The largest absolute Gasteiger partial charge is 0.479 e. The monoisotopic (exact) mass is 856 g/mol. The Labute approximate surface area is 324 Å². The number of carboxylic acid groups (broad SMARTS) is 14. The van der Waals surface area contributed by atoms with Gasteiger partial charge in [-0.3, -0.25) is 10.6 Å². The second kappa shape index (κ2) is 16.6. The molecule has 16 N–H and O–H groups in total. The lowest BCUT2D eigenvalue weighted by Gasteiger charge is -2.33. The number of benzene rings is 2. The van der Waals surface area contributed by atoms with Crippen LogP contribution in [0.15, 0.2) is 0 Å². The first-order chi connectivity index (χ1) is 27.4. The van der Waals surface area contributed by atoms with Gasteiger partial charge in [0.15, 0.2) is 0 Å². The van der Waals surface area contributed by atoms with Crippen molar-refractivity contribution < 1.29 is 139 Å². The summed E-state index contributed by atoms with van der Waals surface area (Å²) in [6.07, 6.45) is 0. The Kier molecular flexibility index (Phi) is 13.0. The van der Waals surface area contributed by atoms with Crippen LogP contribution in [0.1, 0.15) is 115 Å². The molecule has 30 nitrogen and oxygen atoms in total. The van der Waals surface area contributed by atoms with Crippen LogP contribution >= 0.6 is 0 Å². The fraction of sp³-hybridized carbons (Fsp3) is 0.133. The Morgan fingerprint density at radius 2 is 0.400 bits per heavy atom. The molecule has 2 rings (SSSR count). The molecule has 0 radical (unpaired) electrons. The predicted octanol–water partition coefficient (Wildman–Crippen LogP) is -2.72. The first-order valence-electron chi connectivity index (χ1n) is 14.7. The molecule has 0 aliphatic heterocycles. The van der Waals surface area contributed by atoms with Crippen LogP contribution in [0.2, 0.25) is 0 Å². The average Bonchev–Trinajstić information content (AvgIpc) is 3.09. The van der Waals surface area contributed by atoms with E-state index in [1.807, 2.05) is 0 Å². The summed E-state index contributed by atoms with van der Waals surface area (Å²) >= 11 is 0. The van der Waals surface area contributed by atoms with Crippen molar-refractivity contribution in [2.45, 2.75) is 11.1 Å². The maximum absolute atomic E-state index is 12.8. The molecule has 0 unspecified atom stereocenters. The third kappa shape index (κ3) is 7.32.